The van der Waals surface area contributed by atoms with Crippen LogP contribution in [0.4, 0.5) is 0 Å². The molecule has 14 heavy (non-hydrogen) atoms. The fourth-order valence-electron chi connectivity index (χ4n) is 1.57. The number of carbonyl (C=O) groups excluding carboxylic acids is 1. The van der Waals surface area contributed by atoms with Crippen molar-refractivity contribution in [2.24, 2.45) is 5.92 Å². The average Bonchev–Trinajstić information content (AvgIpc) is 2.25. The molecular formula is C10H19NO3. The van der Waals surface area contributed by atoms with Crippen molar-refractivity contribution < 1.29 is 14.3 Å². The molecular weight excluding hydrogens is 182 g/mol. The number of methoxy groups -OCH3 is 1. The monoisotopic (exact) mass is 201 g/mol. The maximum atomic E-state index is 10.7. The first-order valence-electron chi connectivity index (χ1n) is 5.18. The van der Waals surface area contributed by atoms with Crippen LogP contribution in [0.5, 0.6) is 0 Å². The van der Waals surface area contributed by atoms with Crippen molar-refractivity contribution in [2.45, 2.75) is 19.3 Å². The summed E-state index contributed by atoms with van der Waals surface area (Å²) >= 11 is 0. The molecule has 0 aromatic carbocycles. The summed E-state index contributed by atoms with van der Waals surface area (Å²) in [5, 5.41) is 3.32. The zero-order valence-corrected chi connectivity index (χ0v) is 8.75. The second-order valence-corrected chi connectivity index (χ2v) is 3.61. The Morgan fingerprint density at radius 2 is 2.43 bits per heavy atom. The van der Waals surface area contributed by atoms with E-state index in [9.17, 15) is 4.79 Å². The molecule has 0 aliphatic carbocycles. The highest BCUT2D eigenvalue weighted by molar-refractivity contribution is 5.69. The number of piperidine rings is 1. The molecule has 0 amide bonds. The average molecular weight is 201 g/mol. The lowest BCUT2D eigenvalue weighted by atomic mass is 10.0. The van der Waals surface area contributed by atoms with Crippen molar-refractivity contribution in [3.05, 3.63) is 0 Å². The predicted molar refractivity (Wildman–Crippen MR) is 53.0 cm³/mol. The van der Waals surface area contributed by atoms with Gasteiger partial charge in [-0.05, 0) is 25.3 Å². The van der Waals surface area contributed by atoms with Crippen LogP contribution in [0, 0.1) is 5.92 Å². The summed E-state index contributed by atoms with van der Waals surface area (Å²) in [6, 6.07) is 0. The third-order valence-electron chi connectivity index (χ3n) is 2.43. The second kappa shape index (κ2) is 6.79. The van der Waals surface area contributed by atoms with Gasteiger partial charge in [0.05, 0.1) is 26.7 Å². The first kappa shape index (κ1) is 11.5. The number of nitrogens with one attached hydrogen (secondary N) is 1. The van der Waals surface area contributed by atoms with Gasteiger partial charge in [0.1, 0.15) is 0 Å². The van der Waals surface area contributed by atoms with E-state index >= 15 is 0 Å². The van der Waals surface area contributed by atoms with Crippen molar-refractivity contribution in [3.63, 3.8) is 0 Å². The number of rotatable bonds is 5. The van der Waals surface area contributed by atoms with Crippen LogP contribution in [0.3, 0.4) is 0 Å². The van der Waals surface area contributed by atoms with E-state index in [1.54, 1.807) is 0 Å². The Morgan fingerprint density at radius 3 is 3.07 bits per heavy atom. The van der Waals surface area contributed by atoms with E-state index in [0.717, 1.165) is 19.7 Å². The molecule has 0 aromatic rings. The molecule has 1 fully saturated rings. The molecule has 1 aliphatic rings. The maximum Gasteiger partial charge on any atom is 0.307 e. The molecule has 1 aliphatic heterocycles. The molecule has 82 valence electrons. The number of carbonyl (C=O) groups is 1. The lowest BCUT2D eigenvalue weighted by Gasteiger charge is -2.22. The summed E-state index contributed by atoms with van der Waals surface area (Å²) < 4.78 is 9.92. The molecule has 1 atom stereocenters. The predicted octanol–water partition coefficient (Wildman–Crippen LogP) is 0.566. The van der Waals surface area contributed by atoms with Gasteiger partial charge in [0.25, 0.3) is 0 Å². The zero-order valence-electron chi connectivity index (χ0n) is 8.75. The minimum absolute atomic E-state index is 0.202. The van der Waals surface area contributed by atoms with Crippen LogP contribution in [0.1, 0.15) is 19.3 Å². The number of hydrogen-bond donors (Lipinski definition) is 1. The fraction of sp³-hybridized carbons (Fsp3) is 0.900. The zero-order chi connectivity index (χ0) is 10.2. The molecule has 1 saturated heterocycles. The number of hydrogen-bond acceptors (Lipinski definition) is 4. The molecule has 1 N–H and O–H groups in total. The normalized spacial score (nSPS) is 21.9. The highest BCUT2D eigenvalue weighted by Crippen LogP contribution is 2.09. The Bertz CT molecular complexity index is 167. The van der Waals surface area contributed by atoms with Gasteiger partial charge in [0.2, 0.25) is 0 Å². The van der Waals surface area contributed by atoms with Gasteiger partial charge in [-0.3, -0.25) is 4.79 Å². The van der Waals surface area contributed by atoms with E-state index in [1.165, 1.54) is 20.0 Å². The molecule has 0 aromatic heterocycles. The van der Waals surface area contributed by atoms with Gasteiger partial charge in [-0.25, -0.2) is 0 Å². The molecule has 4 heteroatoms. The third-order valence-corrected chi connectivity index (χ3v) is 2.43. The summed E-state index contributed by atoms with van der Waals surface area (Å²) in [6.07, 6.45) is 2.81. The van der Waals surface area contributed by atoms with Crippen LogP contribution in [0.25, 0.3) is 0 Å². The lowest BCUT2D eigenvalue weighted by Crippen LogP contribution is -2.32. The summed E-state index contributed by atoms with van der Waals surface area (Å²) in [5.74, 6) is 0.410. The third kappa shape index (κ3) is 4.58. The summed E-state index contributed by atoms with van der Waals surface area (Å²) in [6.45, 7) is 3.39. The van der Waals surface area contributed by atoms with E-state index in [4.69, 9.17) is 4.74 Å². The molecule has 0 spiro atoms. The van der Waals surface area contributed by atoms with Crippen LogP contribution >= 0.6 is 0 Å². The van der Waals surface area contributed by atoms with Crippen molar-refractivity contribution >= 4 is 5.97 Å². The highest BCUT2D eigenvalue weighted by Gasteiger charge is 2.12. The number of esters is 1. The van der Waals surface area contributed by atoms with Crippen LogP contribution in [-0.2, 0) is 14.3 Å². The van der Waals surface area contributed by atoms with Crippen molar-refractivity contribution in [1.82, 2.24) is 5.32 Å². The molecule has 0 unspecified atom stereocenters. The van der Waals surface area contributed by atoms with Crippen LogP contribution < -0.4 is 5.32 Å². The van der Waals surface area contributed by atoms with Gasteiger partial charge in [-0.1, -0.05) is 0 Å². The van der Waals surface area contributed by atoms with Gasteiger partial charge in [0, 0.05) is 6.54 Å². The quantitative estimate of drug-likeness (QED) is 0.521. The van der Waals surface area contributed by atoms with Gasteiger partial charge in [-0.15, -0.1) is 0 Å². The molecule has 0 bridgehead atoms. The highest BCUT2D eigenvalue weighted by atomic mass is 16.5. The Labute approximate surface area is 85.0 Å². The minimum atomic E-state index is -0.202. The maximum absolute atomic E-state index is 10.7. The Hall–Kier alpha value is -0.610. The van der Waals surface area contributed by atoms with Crippen molar-refractivity contribution in [3.8, 4) is 0 Å². The van der Waals surface area contributed by atoms with Crippen molar-refractivity contribution in [2.75, 3.05) is 33.4 Å². The Kier molecular flexibility index (Phi) is 5.56. The first-order chi connectivity index (χ1) is 6.83. The molecule has 4 nitrogen and oxygen atoms in total. The molecule has 0 saturated carbocycles. The van der Waals surface area contributed by atoms with Gasteiger partial charge >= 0.3 is 5.97 Å². The van der Waals surface area contributed by atoms with Crippen LogP contribution in [0.2, 0.25) is 0 Å². The Balaban J connectivity index is 1.94. The standard InChI is InChI=1S/C10H19NO3/c1-13-10(12)4-6-14-8-9-3-2-5-11-7-9/h9,11H,2-8H2,1H3/t9-/m0/s1. The first-order valence-corrected chi connectivity index (χ1v) is 5.18. The van der Waals surface area contributed by atoms with Crippen LogP contribution in [-0.4, -0.2) is 39.4 Å². The smallest absolute Gasteiger partial charge is 0.307 e. The fourth-order valence-corrected chi connectivity index (χ4v) is 1.57. The Morgan fingerprint density at radius 1 is 1.57 bits per heavy atom. The van der Waals surface area contributed by atoms with Gasteiger partial charge in [-0.2, -0.15) is 0 Å². The summed E-state index contributed by atoms with van der Waals surface area (Å²) in [5.41, 5.74) is 0. The SMILES string of the molecule is COC(=O)CCOC[C@H]1CCCNC1. The molecule has 1 heterocycles. The largest absolute Gasteiger partial charge is 0.469 e. The topological polar surface area (TPSA) is 47.6 Å². The van der Waals surface area contributed by atoms with Gasteiger partial charge in [0.15, 0.2) is 0 Å². The van der Waals surface area contributed by atoms with E-state index in [0.29, 0.717) is 18.9 Å². The van der Waals surface area contributed by atoms with Crippen molar-refractivity contribution in [1.29, 1.82) is 0 Å². The lowest BCUT2D eigenvalue weighted by molar-refractivity contribution is -0.141. The second-order valence-electron chi connectivity index (χ2n) is 3.61. The van der Waals surface area contributed by atoms with Gasteiger partial charge < -0.3 is 14.8 Å². The van der Waals surface area contributed by atoms with E-state index < -0.39 is 0 Å². The summed E-state index contributed by atoms with van der Waals surface area (Å²) in [7, 11) is 1.40. The van der Waals surface area contributed by atoms with E-state index in [1.807, 2.05) is 0 Å². The summed E-state index contributed by atoms with van der Waals surface area (Å²) in [4.78, 5) is 10.7. The minimum Gasteiger partial charge on any atom is -0.469 e. The van der Waals surface area contributed by atoms with E-state index in [-0.39, 0.29) is 5.97 Å². The number of ether oxygens (including phenoxy) is 2. The van der Waals surface area contributed by atoms with E-state index in [2.05, 4.69) is 10.1 Å². The molecule has 1 rings (SSSR count). The van der Waals surface area contributed by atoms with Crippen LogP contribution in [0.15, 0.2) is 0 Å². The molecule has 0 radical (unpaired) electrons.